The van der Waals surface area contributed by atoms with Gasteiger partial charge < -0.3 is 14.6 Å². The SMILES string of the molecule is CCOc1cccc([C@@H]2C(=C(O)c3ccc4c(c3)C[C@H](C)O4)C(=O)C(=O)N2c2nc3c(C)cc(C)cc3s2)c1. The molecular weight excluding hydrogens is 512 g/mol. The van der Waals surface area contributed by atoms with Crippen molar-refractivity contribution in [2.75, 3.05) is 11.5 Å². The Balaban J connectivity index is 1.55. The number of carbonyl (C=O) groups excluding carboxylic acids is 2. The van der Waals surface area contributed by atoms with Crippen LogP contribution in [0.2, 0.25) is 0 Å². The molecule has 1 N–H and O–H groups in total. The van der Waals surface area contributed by atoms with Gasteiger partial charge in [-0.2, -0.15) is 0 Å². The average Bonchev–Trinajstić information content (AvgIpc) is 3.56. The van der Waals surface area contributed by atoms with E-state index >= 15 is 0 Å². The fourth-order valence-electron chi connectivity index (χ4n) is 5.47. The molecular formula is C31H28N2O5S. The molecule has 3 aromatic carbocycles. The third-order valence-electron chi connectivity index (χ3n) is 7.12. The predicted molar refractivity (Wildman–Crippen MR) is 152 cm³/mol. The van der Waals surface area contributed by atoms with Crippen molar-refractivity contribution in [1.29, 1.82) is 0 Å². The number of aromatic nitrogens is 1. The smallest absolute Gasteiger partial charge is 0.301 e. The first kappa shape index (κ1) is 25.1. The zero-order valence-electron chi connectivity index (χ0n) is 22.1. The van der Waals surface area contributed by atoms with Crippen LogP contribution < -0.4 is 14.4 Å². The monoisotopic (exact) mass is 540 g/mol. The Kier molecular flexibility index (Phi) is 6.14. The van der Waals surface area contributed by atoms with Gasteiger partial charge in [-0.25, -0.2) is 4.98 Å². The number of rotatable bonds is 5. The molecule has 6 rings (SSSR count). The number of carbonyl (C=O) groups is 2. The Bertz CT molecular complexity index is 1690. The van der Waals surface area contributed by atoms with Gasteiger partial charge in [0.25, 0.3) is 5.78 Å². The number of nitrogens with zero attached hydrogens (tertiary/aromatic N) is 2. The molecule has 7 nitrogen and oxygen atoms in total. The maximum Gasteiger partial charge on any atom is 0.301 e. The van der Waals surface area contributed by atoms with Gasteiger partial charge in [0, 0.05) is 12.0 Å². The molecule has 3 heterocycles. The van der Waals surface area contributed by atoms with Crippen molar-refractivity contribution in [3.63, 3.8) is 0 Å². The van der Waals surface area contributed by atoms with Crippen molar-refractivity contribution in [1.82, 2.24) is 4.98 Å². The maximum absolute atomic E-state index is 13.7. The predicted octanol–water partition coefficient (Wildman–Crippen LogP) is 6.26. The lowest BCUT2D eigenvalue weighted by atomic mass is 9.94. The van der Waals surface area contributed by atoms with Crippen molar-refractivity contribution in [2.45, 2.75) is 46.3 Å². The van der Waals surface area contributed by atoms with Crippen LogP contribution in [-0.4, -0.2) is 34.5 Å². The van der Waals surface area contributed by atoms with Gasteiger partial charge in [-0.1, -0.05) is 29.5 Å². The molecule has 198 valence electrons. The van der Waals surface area contributed by atoms with Crippen molar-refractivity contribution >= 4 is 44.1 Å². The largest absolute Gasteiger partial charge is 0.507 e. The highest BCUT2D eigenvalue weighted by Crippen LogP contribution is 2.45. The lowest BCUT2D eigenvalue weighted by Gasteiger charge is -2.23. The molecule has 1 fully saturated rings. The lowest BCUT2D eigenvalue weighted by molar-refractivity contribution is -0.132. The number of ketones is 1. The van der Waals surface area contributed by atoms with Crippen molar-refractivity contribution in [2.24, 2.45) is 0 Å². The Hall–Kier alpha value is -4.17. The molecule has 1 aromatic heterocycles. The van der Waals surface area contributed by atoms with Gasteiger partial charge in [0.15, 0.2) is 5.13 Å². The summed E-state index contributed by atoms with van der Waals surface area (Å²) < 4.78 is 12.5. The van der Waals surface area contributed by atoms with E-state index in [2.05, 4.69) is 0 Å². The van der Waals surface area contributed by atoms with Crippen LogP contribution in [0.15, 0.2) is 60.2 Å². The van der Waals surface area contributed by atoms with Crippen LogP contribution in [0.4, 0.5) is 5.13 Å². The molecule has 4 aromatic rings. The highest BCUT2D eigenvalue weighted by Gasteiger charge is 2.48. The van der Waals surface area contributed by atoms with E-state index in [0.29, 0.717) is 35.0 Å². The number of ether oxygens (including phenoxy) is 2. The maximum atomic E-state index is 13.7. The number of aliphatic hydroxyl groups is 1. The quantitative estimate of drug-likeness (QED) is 0.183. The summed E-state index contributed by atoms with van der Waals surface area (Å²) in [7, 11) is 0. The minimum Gasteiger partial charge on any atom is -0.507 e. The first-order valence-corrected chi connectivity index (χ1v) is 13.8. The van der Waals surface area contributed by atoms with Gasteiger partial charge >= 0.3 is 5.91 Å². The summed E-state index contributed by atoms with van der Waals surface area (Å²) in [5.74, 6) is -0.328. The molecule has 0 bridgehead atoms. The van der Waals surface area contributed by atoms with Crippen LogP contribution in [0, 0.1) is 13.8 Å². The second-order valence-corrected chi connectivity index (χ2v) is 11.1. The Labute approximate surface area is 230 Å². The zero-order chi connectivity index (χ0) is 27.4. The third-order valence-corrected chi connectivity index (χ3v) is 8.13. The van der Waals surface area contributed by atoms with Gasteiger partial charge in [-0.15, -0.1) is 0 Å². The van der Waals surface area contributed by atoms with Crippen LogP contribution in [0.1, 0.15) is 47.7 Å². The summed E-state index contributed by atoms with van der Waals surface area (Å²) in [5.41, 5.74) is 4.96. The number of hydrogen-bond donors (Lipinski definition) is 1. The van der Waals surface area contributed by atoms with E-state index in [9.17, 15) is 14.7 Å². The van der Waals surface area contributed by atoms with Crippen molar-refractivity contribution in [3.05, 3.63) is 88.0 Å². The highest BCUT2D eigenvalue weighted by molar-refractivity contribution is 7.22. The minimum absolute atomic E-state index is 0.0210. The van der Waals surface area contributed by atoms with Gasteiger partial charge in [0.05, 0.1) is 28.4 Å². The number of benzene rings is 3. The number of Topliss-reactive ketones (excluding diaryl/α,β-unsaturated/α-hetero) is 1. The van der Waals surface area contributed by atoms with E-state index in [0.717, 1.165) is 32.7 Å². The highest BCUT2D eigenvalue weighted by atomic mass is 32.1. The summed E-state index contributed by atoms with van der Waals surface area (Å²) >= 11 is 1.36. The number of hydrogen-bond acceptors (Lipinski definition) is 7. The molecule has 8 heteroatoms. The fourth-order valence-corrected chi connectivity index (χ4v) is 6.64. The van der Waals surface area contributed by atoms with Gasteiger partial charge in [-0.3, -0.25) is 14.5 Å². The van der Waals surface area contributed by atoms with Crippen LogP contribution in [0.25, 0.3) is 16.0 Å². The molecule has 0 radical (unpaired) electrons. The molecule has 2 atom stereocenters. The van der Waals surface area contributed by atoms with Crippen LogP contribution in [0.5, 0.6) is 11.5 Å². The van der Waals surface area contributed by atoms with Crippen LogP contribution >= 0.6 is 11.3 Å². The standard InChI is InChI=1S/C31H28N2O5S/c1-5-37-22-8-6-7-19(15-22)27-25(28(34)20-9-10-23-21(14-20)13-18(4)38-23)29(35)30(36)33(27)31-32-26-17(3)11-16(2)12-24(26)39-31/h6-12,14-15,18,27,34H,5,13H2,1-4H3/t18-,27+/m0/s1. The number of anilines is 1. The molecule has 39 heavy (non-hydrogen) atoms. The third kappa shape index (κ3) is 4.25. The Morgan fingerprint density at radius 2 is 1.97 bits per heavy atom. The normalized spacial score (nSPS) is 19.9. The molecule has 0 aliphatic carbocycles. The number of aryl methyl sites for hydroxylation is 2. The topological polar surface area (TPSA) is 89.0 Å². The van der Waals surface area contributed by atoms with Crippen LogP contribution in [-0.2, 0) is 16.0 Å². The van der Waals surface area contributed by atoms with E-state index in [4.69, 9.17) is 14.5 Å². The molecule has 0 spiro atoms. The number of aliphatic hydroxyl groups excluding tert-OH is 1. The fraction of sp³-hybridized carbons (Fsp3) is 0.258. The number of fused-ring (bicyclic) bond motifs is 2. The van der Waals surface area contributed by atoms with Crippen molar-refractivity contribution < 1.29 is 24.2 Å². The summed E-state index contributed by atoms with van der Waals surface area (Å²) in [5, 5.41) is 12.0. The van der Waals surface area contributed by atoms with E-state index in [-0.39, 0.29) is 17.4 Å². The summed E-state index contributed by atoms with van der Waals surface area (Å²) in [6.07, 6.45) is 0.741. The molecule has 2 aliphatic rings. The lowest BCUT2D eigenvalue weighted by Crippen LogP contribution is -2.29. The van der Waals surface area contributed by atoms with Gasteiger partial charge in [0.1, 0.15) is 23.4 Å². The second kappa shape index (κ2) is 9.54. The van der Waals surface area contributed by atoms with E-state index in [1.54, 1.807) is 18.2 Å². The summed E-state index contributed by atoms with van der Waals surface area (Å²) in [6.45, 7) is 8.34. The Morgan fingerprint density at radius 3 is 2.77 bits per heavy atom. The molecule has 1 amide bonds. The number of thiazole rings is 1. The molecule has 0 unspecified atom stereocenters. The molecule has 2 aliphatic heterocycles. The zero-order valence-corrected chi connectivity index (χ0v) is 23.0. The minimum atomic E-state index is -0.879. The average molecular weight is 541 g/mol. The molecule has 0 saturated carbocycles. The summed E-state index contributed by atoms with van der Waals surface area (Å²) in [6, 6.07) is 15.8. The van der Waals surface area contributed by atoms with E-state index < -0.39 is 17.7 Å². The summed E-state index contributed by atoms with van der Waals surface area (Å²) in [4.78, 5) is 33.5. The first-order chi connectivity index (χ1) is 18.7. The van der Waals surface area contributed by atoms with Crippen LogP contribution in [0.3, 0.4) is 0 Å². The van der Waals surface area contributed by atoms with Gasteiger partial charge in [-0.05, 0) is 86.3 Å². The first-order valence-electron chi connectivity index (χ1n) is 13.0. The number of amides is 1. The molecule has 1 saturated heterocycles. The van der Waals surface area contributed by atoms with Crippen molar-refractivity contribution in [3.8, 4) is 11.5 Å². The van der Waals surface area contributed by atoms with E-state index in [1.807, 2.05) is 64.1 Å². The van der Waals surface area contributed by atoms with E-state index in [1.165, 1.54) is 16.2 Å². The Morgan fingerprint density at radius 1 is 1.15 bits per heavy atom. The second-order valence-electron chi connectivity index (χ2n) is 10.1. The van der Waals surface area contributed by atoms with Gasteiger partial charge in [0.2, 0.25) is 0 Å².